The molecule has 31 heavy (non-hydrogen) atoms. The Balaban J connectivity index is 0.00000272. The lowest BCUT2D eigenvalue weighted by atomic mass is 9.88. The number of likely N-dealkylation sites (tertiary alicyclic amines) is 1. The summed E-state index contributed by atoms with van der Waals surface area (Å²) in [4.78, 5) is 9.52. The van der Waals surface area contributed by atoms with Crippen LogP contribution in [0.4, 0.5) is 5.69 Å². The molecular weight excluding hydrogens is 497 g/mol. The van der Waals surface area contributed by atoms with E-state index in [1.165, 1.54) is 75.8 Å². The summed E-state index contributed by atoms with van der Waals surface area (Å²) in [6.07, 6.45) is 14.1. The van der Waals surface area contributed by atoms with Crippen LogP contribution in [0, 0.1) is 5.92 Å². The Kier molecular flexibility index (Phi) is 9.96. The second-order valence-electron chi connectivity index (χ2n) is 9.19. The van der Waals surface area contributed by atoms with Crippen molar-refractivity contribution in [2.24, 2.45) is 10.9 Å². The molecule has 0 atom stereocenters. The average Bonchev–Trinajstić information content (AvgIpc) is 3.34. The van der Waals surface area contributed by atoms with E-state index in [1.807, 2.05) is 7.05 Å². The predicted octanol–water partition coefficient (Wildman–Crippen LogP) is 4.39. The fraction of sp³-hybridized carbons (Fsp3) is 0.640. The summed E-state index contributed by atoms with van der Waals surface area (Å²) in [6.45, 7) is 6.61. The van der Waals surface area contributed by atoms with Crippen LogP contribution in [0.3, 0.4) is 0 Å². The molecule has 0 spiro atoms. The van der Waals surface area contributed by atoms with Gasteiger partial charge in [0.15, 0.2) is 5.96 Å². The van der Waals surface area contributed by atoms with Crippen molar-refractivity contribution < 1.29 is 0 Å². The predicted molar refractivity (Wildman–Crippen MR) is 143 cm³/mol. The lowest BCUT2D eigenvalue weighted by Gasteiger charge is -2.36. The molecule has 5 nitrogen and oxygen atoms in total. The molecule has 1 aromatic rings. The smallest absolute Gasteiger partial charge is 0.191 e. The number of nitrogens with zero attached hydrogens (tertiary/aromatic N) is 3. The van der Waals surface area contributed by atoms with Gasteiger partial charge in [0.2, 0.25) is 0 Å². The molecular formula is C25H40IN5. The average molecular weight is 538 g/mol. The maximum atomic E-state index is 4.45. The Labute approximate surface area is 205 Å². The van der Waals surface area contributed by atoms with Crippen LogP contribution >= 0.6 is 24.0 Å². The van der Waals surface area contributed by atoms with Gasteiger partial charge in [-0.1, -0.05) is 43.5 Å². The molecule has 1 aromatic carbocycles. The molecule has 2 N–H and O–H groups in total. The van der Waals surface area contributed by atoms with E-state index in [-0.39, 0.29) is 24.0 Å². The summed E-state index contributed by atoms with van der Waals surface area (Å²) >= 11 is 0. The minimum Gasteiger partial charge on any atom is -0.364 e. The van der Waals surface area contributed by atoms with Crippen LogP contribution in [-0.4, -0.2) is 56.7 Å². The van der Waals surface area contributed by atoms with Crippen molar-refractivity contribution in [3.05, 3.63) is 42.0 Å². The van der Waals surface area contributed by atoms with E-state index in [0.29, 0.717) is 6.04 Å². The van der Waals surface area contributed by atoms with Crippen LogP contribution in [0.25, 0.3) is 0 Å². The Bertz CT molecular complexity index is 695. The van der Waals surface area contributed by atoms with E-state index in [1.54, 1.807) is 0 Å². The lowest BCUT2D eigenvalue weighted by molar-refractivity contribution is 0.160. The monoisotopic (exact) mass is 537 g/mol. The molecule has 2 fully saturated rings. The van der Waals surface area contributed by atoms with Gasteiger partial charge < -0.3 is 20.4 Å². The first-order valence-corrected chi connectivity index (χ1v) is 12.0. The summed E-state index contributed by atoms with van der Waals surface area (Å²) < 4.78 is 0. The Morgan fingerprint density at radius 2 is 1.65 bits per heavy atom. The zero-order valence-electron chi connectivity index (χ0n) is 19.1. The van der Waals surface area contributed by atoms with Gasteiger partial charge in [0, 0.05) is 58.0 Å². The molecule has 2 aliphatic heterocycles. The zero-order valence-corrected chi connectivity index (χ0v) is 21.4. The molecule has 1 aliphatic carbocycles. The van der Waals surface area contributed by atoms with Crippen molar-refractivity contribution in [3.8, 4) is 0 Å². The topological polar surface area (TPSA) is 42.9 Å². The van der Waals surface area contributed by atoms with Crippen molar-refractivity contribution in [1.82, 2.24) is 15.5 Å². The third-order valence-electron chi connectivity index (χ3n) is 6.97. The van der Waals surface area contributed by atoms with Crippen LogP contribution < -0.4 is 15.5 Å². The van der Waals surface area contributed by atoms with E-state index >= 15 is 0 Å². The molecule has 1 saturated heterocycles. The number of nitrogens with one attached hydrogen (secondary N) is 2. The van der Waals surface area contributed by atoms with Crippen LogP contribution in [-0.2, 0) is 6.54 Å². The molecule has 0 unspecified atom stereocenters. The molecule has 2 heterocycles. The number of anilines is 1. The van der Waals surface area contributed by atoms with Gasteiger partial charge in [-0.15, -0.1) is 24.0 Å². The first kappa shape index (κ1) is 24.4. The third-order valence-corrected chi connectivity index (χ3v) is 6.97. The van der Waals surface area contributed by atoms with Crippen molar-refractivity contribution in [2.45, 2.75) is 57.5 Å². The van der Waals surface area contributed by atoms with Crippen LogP contribution in [0.15, 0.2) is 41.4 Å². The summed E-state index contributed by atoms with van der Waals surface area (Å²) in [5.74, 6) is 1.87. The van der Waals surface area contributed by atoms with Gasteiger partial charge in [0.05, 0.1) is 0 Å². The Morgan fingerprint density at radius 3 is 2.29 bits per heavy atom. The first-order chi connectivity index (χ1) is 14.8. The first-order valence-electron chi connectivity index (χ1n) is 12.0. The number of halogens is 1. The molecule has 1 saturated carbocycles. The van der Waals surface area contributed by atoms with E-state index in [9.17, 15) is 0 Å². The number of guanidine groups is 1. The standard InChI is InChI=1S/C25H39N5.HI/c1-26-25(27-19-21-9-11-24(12-10-21)30-15-5-6-16-30)28-23-13-17-29(18-14-23)20-22-7-3-2-4-8-22;/h5-6,9-12,22-23H,2-4,7-8,13-20H2,1H3,(H2,26,27,28);1H. The van der Waals surface area contributed by atoms with E-state index in [4.69, 9.17) is 0 Å². The van der Waals surface area contributed by atoms with Crippen LogP contribution in [0.5, 0.6) is 0 Å². The van der Waals surface area contributed by atoms with Crippen LogP contribution in [0.2, 0.25) is 0 Å². The van der Waals surface area contributed by atoms with E-state index in [2.05, 4.69) is 61.8 Å². The van der Waals surface area contributed by atoms with Gasteiger partial charge in [-0.3, -0.25) is 4.99 Å². The second kappa shape index (κ2) is 12.7. The largest absolute Gasteiger partial charge is 0.364 e. The van der Waals surface area contributed by atoms with Gasteiger partial charge in [0.1, 0.15) is 0 Å². The molecule has 0 aromatic heterocycles. The molecule has 0 amide bonds. The highest BCUT2D eigenvalue weighted by Crippen LogP contribution is 2.25. The zero-order chi connectivity index (χ0) is 20.6. The second-order valence-corrected chi connectivity index (χ2v) is 9.19. The number of piperidine rings is 1. The number of rotatable bonds is 6. The van der Waals surface area contributed by atoms with Gasteiger partial charge in [-0.05, 0) is 49.3 Å². The van der Waals surface area contributed by atoms with E-state index < -0.39 is 0 Å². The van der Waals surface area contributed by atoms with Crippen molar-refractivity contribution >= 4 is 35.6 Å². The molecule has 172 valence electrons. The third kappa shape index (κ3) is 7.38. The number of hydrogen-bond acceptors (Lipinski definition) is 3. The lowest BCUT2D eigenvalue weighted by Crippen LogP contribution is -2.49. The highest BCUT2D eigenvalue weighted by Gasteiger charge is 2.23. The highest BCUT2D eigenvalue weighted by molar-refractivity contribution is 14.0. The SMILES string of the molecule is CN=C(NCc1ccc(N2CC=CC2)cc1)NC1CCN(CC2CCCCC2)CC1.I. The number of hydrogen-bond donors (Lipinski definition) is 2. The Morgan fingerprint density at radius 1 is 0.968 bits per heavy atom. The summed E-state index contributed by atoms with van der Waals surface area (Å²) in [5, 5.41) is 7.15. The molecule has 4 rings (SSSR count). The van der Waals surface area contributed by atoms with Crippen molar-refractivity contribution in [1.29, 1.82) is 0 Å². The molecule has 6 heteroatoms. The summed E-state index contributed by atoms with van der Waals surface area (Å²) in [6, 6.07) is 9.42. The molecule has 3 aliphatic rings. The van der Waals surface area contributed by atoms with Crippen molar-refractivity contribution in [2.75, 3.05) is 44.7 Å². The minimum atomic E-state index is 0. The van der Waals surface area contributed by atoms with Gasteiger partial charge in [0.25, 0.3) is 0 Å². The maximum absolute atomic E-state index is 4.45. The highest BCUT2D eigenvalue weighted by atomic mass is 127. The quantitative estimate of drug-likeness (QED) is 0.245. The summed E-state index contributed by atoms with van der Waals surface area (Å²) in [5.41, 5.74) is 2.59. The number of benzene rings is 1. The fourth-order valence-corrected chi connectivity index (χ4v) is 5.08. The van der Waals surface area contributed by atoms with Crippen LogP contribution in [0.1, 0.15) is 50.5 Å². The normalized spacial score (nSPS) is 21.2. The van der Waals surface area contributed by atoms with Gasteiger partial charge >= 0.3 is 0 Å². The summed E-state index contributed by atoms with van der Waals surface area (Å²) in [7, 11) is 1.87. The minimum absolute atomic E-state index is 0. The molecule has 0 radical (unpaired) electrons. The van der Waals surface area contributed by atoms with Crippen molar-refractivity contribution in [3.63, 3.8) is 0 Å². The van der Waals surface area contributed by atoms with E-state index in [0.717, 1.165) is 31.5 Å². The maximum Gasteiger partial charge on any atom is 0.191 e. The Hall–Kier alpha value is -1.28. The van der Waals surface area contributed by atoms with Gasteiger partial charge in [-0.2, -0.15) is 0 Å². The molecule has 0 bridgehead atoms. The number of aliphatic imine (C=N–C) groups is 1. The van der Waals surface area contributed by atoms with Gasteiger partial charge in [-0.25, -0.2) is 0 Å². The fourth-order valence-electron chi connectivity index (χ4n) is 5.08.